The van der Waals surface area contributed by atoms with Gasteiger partial charge in [-0.15, -0.1) is 6.58 Å². The van der Waals surface area contributed by atoms with E-state index >= 15 is 0 Å². The van der Waals surface area contributed by atoms with Crippen molar-refractivity contribution in [2.24, 2.45) is 0 Å². The summed E-state index contributed by atoms with van der Waals surface area (Å²) in [5, 5.41) is 3.14. The number of benzene rings is 2. The molecular weight excluding hydrogens is 371 g/mol. The first kappa shape index (κ1) is 18.3. The van der Waals surface area contributed by atoms with Gasteiger partial charge in [-0.25, -0.2) is 8.42 Å². The molecule has 0 fully saturated rings. The van der Waals surface area contributed by atoms with Gasteiger partial charge in [0.1, 0.15) is 0 Å². The van der Waals surface area contributed by atoms with E-state index < -0.39 is 15.9 Å². The first-order valence-electron chi connectivity index (χ1n) is 6.80. The van der Waals surface area contributed by atoms with E-state index in [1.165, 1.54) is 42.5 Å². The molecule has 0 spiro atoms. The van der Waals surface area contributed by atoms with E-state index in [9.17, 15) is 13.2 Å². The summed E-state index contributed by atoms with van der Waals surface area (Å²) in [5.74, 6) is -0.396. The number of hydrogen-bond donors (Lipinski definition) is 2. The maximum atomic E-state index is 12.5. The van der Waals surface area contributed by atoms with Crippen LogP contribution in [0.2, 0.25) is 10.0 Å². The van der Waals surface area contributed by atoms with Crippen LogP contribution in [0.1, 0.15) is 10.4 Å². The minimum atomic E-state index is -3.92. The highest BCUT2D eigenvalue weighted by atomic mass is 35.5. The van der Waals surface area contributed by atoms with Crippen molar-refractivity contribution in [2.45, 2.75) is 4.90 Å². The first-order chi connectivity index (χ1) is 11.3. The SMILES string of the molecule is C=CCNC(=O)c1cccc(S(=O)(=O)Nc2cc(Cl)ccc2Cl)c1. The highest BCUT2D eigenvalue weighted by Crippen LogP contribution is 2.27. The molecule has 0 aliphatic carbocycles. The lowest BCUT2D eigenvalue weighted by molar-refractivity contribution is 0.0958. The van der Waals surface area contributed by atoms with Crippen molar-refractivity contribution in [1.82, 2.24) is 5.32 Å². The zero-order valence-corrected chi connectivity index (χ0v) is 14.8. The van der Waals surface area contributed by atoms with E-state index in [-0.39, 0.29) is 27.7 Å². The molecule has 126 valence electrons. The van der Waals surface area contributed by atoms with Gasteiger partial charge in [0.2, 0.25) is 0 Å². The van der Waals surface area contributed by atoms with E-state index in [1.54, 1.807) is 6.07 Å². The Balaban J connectivity index is 2.31. The summed E-state index contributed by atoms with van der Waals surface area (Å²) in [6.07, 6.45) is 1.53. The zero-order valence-electron chi connectivity index (χ0n) is 12.4. The molecule has 0 bridgehead atoms. The third-order valence-electron chi connectivity index (χ3n) is 2.99. The van der Waals surface area contributed by atoms with Crippen molar-refractivity contribution >= 4 is 44.8 Å². The molecule has 0 radical (unpaired) electrons. The van der Waals surface area contributed by atoms with Gasteiger partial charge in [-0.3, -0.25) is 9.52 Å². The van der Waals surface area contributed by atoms with Crippen molar-refractivity contribution < 1.29 is 13.2 Å². The Hall–Kier alpha value is -2.02. The Morgan fingerprint density at radius 3 is 2.62 bits per heavy atom. The second-order valence-electron chi connectivity index (χ2n) is 4.76. The number of rotatable bonds is 6. The highest BCUT2D eigenvalue weighted by molar-refractivity contribution is 7.92. The summed E-state index contributed by atoms with van der Waals surface area (Å²) in [6, 6.07) is 10.1. The number of hydrogen-bond acceptors (Lipinski definition) is 3. The average Bonchev–Trinajstić information content (AvgIpc) is 2.56. The predicted octanol–water partition coefficient (Wildman–Crippen LogP) is 3.71. The maximum Gasteiger partial charge on any atom is 0.261 e. The van der Waals surface area contributed by atoms with Crippen LogP contribution < -0.4 is 10.0 Å². The van der Waals surface area contributed by atoms with Gasteiger partial charge in [0.05, 0.1) is 15.6 Å². The largest absolute Gasteiger partial charge is 0.349 e. The Labute approximate surface area is 150 Å². The van der Waals surface area contributed by atoms with E-state index in [0.717, 1.165) is 0 Å². The third kappa shape index (κ3) is 4.50. The molecule has 0 atom stereocenters. The van der Waals surface area contributed by atoms with Crippen LogP contribution in [0.4, 0.5) is 5.69 Å². The molecule has 0 saturated carbocycles. The molecular formula is C16H14Cl2N2O3S. The topological polar surface area (TPSA) is 75.3 Å². The van der Waals surface area contributed by atoms with Crippen molar-refractivity contribution in [1.29, 1.82) is 0 Å². The van der Waals surface area contributed by atoms with E-state index in [2.05, 4.69) is 16.6 Å². The van der Waals surface area contributed by atoms with Crippen LogP contribution in [0.5, 0.6) is 0 Å². The van der Waals surface area contributed by atoms with Gasteiger partial charge in [0.15, 0.2) is 0 Å². The molecule has 2 rings (SSSR count). The van der Waals surface area contributed by atoms with Crippen LogP contribution in [0.15, 0.2) is 60.0 Å². The quantitative estimate of drug-likeness (QED) is 0.745. The van der Waals surface area contributed by atoms with Crippen LogP contribution in [-0.2, 0) is 10.0 Å². The number of sulfonamides is 1. The summed E-state index contributed by atoms with van der Waals surface area (Å²) in [5.41, 5.74) is 0.377. The van der Waals surface area contributed by atoms with Crippen molar-refractivity contribution in [2.75, 3.05) is 11.3 Å². The van der Waals surface area contributed by atoms with Crippen molar-refractivity contribution in [3.63, 3.8) is 0 Å². The summed E-state index contributed by atoms with van der Waals surface area (Å²) in [7, 11) is -3.92. The van der Waals surface area contributed by atoms with Crippen LogP contribution >= 0.6 is 23.2 Å². The minimum absolute atomic E-state index is 0.0650. The van der Waals surface area contributed by atoms with E-state index in [4.69, 9.17) is 23.2 Å². The molecule has 0 aromatic heterocycles. The fraction of sp³-hybridized carbons (Fsp3) is 0.0625. The number of amides is 1. The minimum Gasteiger partial charge on any atom is -0.349 e. The van der Waals surface area contributed by atoms with Gasteiger partial charge < -0.3 is 5.32 Å². The van der Waals surface area contributed by atoms with Gasteiger partial charge in [0.25, 0.3) is 15.9 Å². The standard InChI is InChI=1S/C16H14Cl2N2O3S/c1-2-8-19-16(21)11-4-3-5-13(9-11)24(22,23)20-15-10-12(17)6-7-14(15)18/h2-7,9-10,20H,1,8H2,(H,19,21). The summed E-state index contributed by atoms with van der Waals surface area (Å²) < 4.78 is 27.3. The smallest absolute Gasteiger partial charge is 0.261 e. The first-order valence-corrected chi connectivity index (χ1v) is 9.04. The summed E-state index contributed by atoms with van der Waals surface area (Å²) in [4.78, 5) is 11.9. The molecule has 5 nitrogen and oxygen atoms in total. The summed E-state index contributed by atoms with van der Waals surface area (Å²) >= 11 is 11.8. The fourth-order valence-corrected chi connectivity index (χ4v) is 3.36. The molecule has 2 aromatic rings. The second kappa shape index (κ2) is 7.70. The van der Waals surface area contributed by atoms with Gasteiger partial charge >= 0.3 is 0 Å². The van der Waals surface area contributed by atoms with E-state index in [0.29, 0.717) is 5.02 Å². The molecule has 0 heterocycles. The molecule has 8 heteroatoms. The molecule has 2 aromatic carbocycles. The van der Waals surface area contributed by atoms with Crippen molar-refractivity contribution in [3.8, 4) is 0 Å². The predicted molar refractivity (Wildman–Crippen MR) is 96.2 cm³/mol. The van der Waals surface area contributed by atoms with Crippen molar-refractivity contribution in [3.05, 3.63) is 70.7 Å². The molecule has 0 saturated heterocycles. The van der Waals surface area contributed by atoms with Gasteiger partial charge in [-0.1, -0.05) is 35.3 Å². The van der Waals surface area contributed by atoms with Crippen LogP contribution in [0.25, 0.3) is 0 Å². The molecule has 0 unspecified atom stereocenters. The number of nitrogens with one attached hydrogen (secondary N) is 2. The van der Waals surface area contributed by atoms with E-state index in [1.807, 2.05) is 0 Å². The normalized spacial score (nSPS) is 10.9. The lowest BCUT2D eigenvalue weighted by Crippen LogP contribution is -2.23. The van der Waals surface area contributed by atoms with Crippen LogP contribution in [0, 0.1) is 0 Å². The monoisotopic (exact) mass is 384 g/mol. The van der Waals surface area contributed by atoms with Gasteiger partial charge in [0, 0.05) is 17.1 Å². The lowest BCUT2D eigenvalue weighted by atomic mass is 10.2. The molecule has 0 aliphatic heterocycles. The number of halogens is 2. The average molecular weight is 385 g/mol. The molecule has 0 aliphatic rings. The van der Waals surface area contributed by atoms with Crippen LogP contribution in [-0.4, -0.2) is 20.9 Å². The number of carbonyl (C=O) groups is 1. The third-order valence-corrected chi connectivity index (χ3v) is 4.91. The van der Waals surface area contributed by atoms with Gasteiger partial charge in [-0.2, -0.15) is 0 Å². The molecule has 1 amide bonds. The number of carbonyl (C=O) groups excluding carboxylic acids is 1. The Morgan fingerprint density at radius 1 is 1.17 bits per heavy atom. The Kier molecular flexibility index (Phi) is 5.88. The number of anilines is 1. The van der Waals surface area contributed by atoms with Gasteiger partial charge in [-0.05, 0) is 36.4 Å². The fourth-order valence-electron chi connectivity index (χ4n) is 1.85. The van der Waals surface area contributed by atoms with Crippen LogP contribution in [0.3, 0.4) is 0 Å². The molecule has 2 N–H and O–H groups in total. The summed E-state index contributed by atoms with van der Waals surface area (Å²) in [6.45, 7) is 3.79. The maximum absolute atomic E-state index is 12.5. The molecule has 24 heavy (non-hydrogen) atoms. The highest BCUT2D eigenvalue weighted by Gasteiger charge is 2.18. The Morgan fingerprint density at radius 2 is 1.92 bits per heavy atom. The zero-order chi connectivity index (χ0) is 17.7. The second-order valence-corrected chi connectivity index (χ2v) is 7.28. The Bertz CT molecular complexity index is 883. The lowest BCUT2D eigenvalue weighted by Gasteiger charge is -2.11.